The first-order chi connectivity index (χ1) is 9.56. The summed E-state index contributed by atoms with van der Waals surface area (Å²) in [5, 5.41) is 6.88. The van der Waals surface area contributed by atoms with E-state index in [1.807, 2.05) is 6.92 Å². The summed E-state index contributed by atoms with van der Waals surface area (Å²) in [5.74, 6) is 0. The highest BCUT2D eigenvalue weighted by Gasteiger charge is 2.06. The Morgan fingerprint density at radius 2 is 1.95 bits per heavy atom. The van der Waals surface area contributed by atoms with E-state index in [9.17, 15) is 0 Å². The van der Waals surface area contributed by atoms with Gasteiger partial charge in [-0.2, -0.15) is 0 Å². The number of hydrogen-bond acceptors (Lipinski definition) is 4. The van der Waals surface area contributed by atoms with Crippen molar-refractivity contribution >= 4 is 17.0 Å². The maximum absolute atomic E-state index is 4.48. The van der Waals surface area contributed by atoms with Crippen LogP contribution in [0.5, 0.6) is 0 Å². The lowest BCUT2D eigenvalue weighted by molar-refractivity contribution is 0.576. The molecule has 0 aliphatic carbocycles. The van der Waals surface area contributed by atoms with Crippen LogP contribution >= 0.6 is 11.3 Å². The van der Waals surface area contributed by atoms with Crippen molar-refractivity contribution in [3.63, 3.8) is 0 Å². The van der Waals surface area contributed by atoms with E-state index in [-0.39, 0.29) is 0 Å². The first-order valence-electron chi connectivity index (χ1n) is 6.98. The maximum Gasteiger partial charge on any atom is 0.0940 e. The van der Waals surface area contributed by atoms with Gasteiger partial charge >= 0.3 is 0 Å². The van der Waals surface area contributed by atoms with E-state index in [0.29, 0.717) is 6.04 Å². The van der Waals surface area contributed by atoms with E-state index >= 15 is 0 Å². The Hall–Kier alpha value is -1.39. The second-order valence-electron chi connectivity index (χ2n) is 5.29. The molecule has 0 saturated carbocycles. The first-order valence-corrected chi connectivity index (χ1v) is 7.86. The van der Waals surface area contributed by atoms with Crippen molar-refractivity contribution in [3.05, 3.63) is 45.9 Å². The molecule has 4 heteroatoms. The molecule has 0 radical (unpaired) electrons. The van der Waals surface area contributed by atoms with Crippen LogP contribution < -0.4 is 10.2 Å². The molecule has 0 spiro atoms. The normalized spacial score (nSPS) is 12.4. The first kappa shape index (κ1) is 15.0. The molecule has 108 valence electrons. The molecule has 1 N–H and O–H groups in total. The Morgan fingerprint density at radius 3 is 2.50 bits per heavy atom. The lowest BCUT2D eigenvalue weighted by Crippen LogP contribution is -2.21. The predicted molar refractivity (Wildman–Crippen MR) is 87.7 cm³/mol. The van der Waals surface area contributed by atoms with Crippen molar-refractivity contribution in [1.29, 1.82) is 0 Å². The Kier molecular flexibility index (Phi) is 5.15. The molecular weight excluding hydrogens is 266 g/mol. The fourth-order valence-electron chi connectivity index (χ4n) is 2.09. The molecule has 1 atom stereocenters. The Balaban J connectivity index is 1.83. The predicted octanol–water partition coefficient (Wildman–Crippen LogP) is 3.41. The molecule has 1 aromatic heterocycles. The highest BCUT2D eigenvalue weighted by atomic mass is 32.1. The number of benzene rings is 1. The van der Waals surface area contributed by atoms with Gasteiger partial charge in [0.2, 0.25) is 0 Å². The van der Waals surface area contributed by atoms with E-state index in [1.165, 1.54) is 16.3 Å². The monoisotopic (exact) mass is 289 g/mol. The molecule has 2 aromatic rings. The molecule has 3 nitrogen and oxygen atoms in total. The minimum Gasteiger partial charge on any atom is -0.378 e. The van der Waals surface area contributed by atoms with Crippen LogP contribution in [0.2, 0.25) is 0 Å². The van der Waals surface area contributed by atoms with Crippen molar-refractivity contribution in [3.8, 4) is 0 Å². The Labute approximate surface area is 125 Å². The molecule has 0 aliphatic rings. The number of anilines is 1. The summed E-state index contributed by atoms with van der Waals surface area (Å²) in [6, 6.07) is 9.09. The van der Waals surface area contributed by atoms with Crippen molar-refractivity contribution in [1.82, 2.24) is 10.3 Å². The van der Waals surface area contributed by atoms with Gasteiger partial charge in [-0.25, -0.2) is 4.98 Å². The van der Waals surface area contributed by atoms with Crippen molar-refractivity contribution in [2.45, 2.75) is 26.3 Å². The third-order valence-electron chi connectivity index (χ3n) is 3.37. The van der Waals surface area contributed by atoms with Crippen molar-refractivity contribution in [2.24, 2.45) is 0 Å². The van der Waals surface area contributed by atoms with Gasteiger partial charge in [0.15, 0.2) is 0 Å². The molecular formula is C16H23N3S. The van der Waals surface area contributed by atoms with Crippen LogP contribution in [0.4, 0.5) is 5.69 Å². The minimum atomic E-state index is 0.368. The SMILES string of the molecule is Cc1csc(CCNC(C)c2ccc(N(C)C)cc2)n1. The van der Waals surface area contributed by atoms with Crippen LogP contribution in [0, 0.1) is 6.92 Å². The molecule has 2 rings (SSSR count). The average molecular weight is 289 g/mol. The van der Waals surface area contributed by atoms with E-state index in [2.05, 4.69) is 65.9 Å². The fraction of sp³-hybridized carbons (Fsp3) is 0.438. The third kappa shape index (κ3) is 4.05. The lowest BCUT2D eigenvalue weighted by atomic mass is 10.1. The van der Waals surface area contributed by atoms with E-state index < -0.39 is 0 Å². The van der Waals surface area contributed by atoms with E-state index in [0.717, 1.165) is 18.7 Å². The van der Waals surface area contributed by atoms with Gasteiger partial charge in [0.05, 0.1) is 5.01 Å². The second kappa shape index (κ2) is 6.86. The quantitative estimate of drug-likeness (QED) is 0.883. The highest BCUT2D eigenvalue weighted by Crippen LogP contribution is 2.17. The van der Waals surface area contributed by atoms with Crippen molar-refractivity contribution < 1.29 is 0 Å². The van der Waals surface area contributed by atoms with Gasteiger partial charge in [0.1, 0.15) is 0 Å². The lowest BCUT2D eigenvalue weighted by Gasteiger charge is -2.16. The summed E-state index contributed by atoms with van der Waals surface area (Å²) in [4.78, 5) is 6.60. The van der Waals surface area contributed by atoms with Gasteiger partial charge < -0.3 is 10.2 Å². The van der Waals surface area contributed by atoms with Crippen molar-refractivity contribution in [2.75, 3.05) is 25.5 Å². The minimum absolute atomic E-state index is 0.368. The van der Waals surface area contributed by atoms with Gasteiger partial charge in [-0.3, -0.25) is 0 Å². The van der Waals surface area contributed by atoms with Crippen LogP contribution in [-0.4, -0.2) is 25.6 Å². The average Bonchev–Trinajstić information content (AvgIpc) is 2.84. The van der Waals surface area contributed by atoms with Crippen LogP contribution in [0.15, 0.2) is 29.6 Å². The summed E-state index contributed by atoms with van der Waals surface area (Å²) in [6.45, 7) is 5.21. The zero-order valence-corrected chi connectivity index (χ0v) is 13.5. The molecule has 20 heavy (non-hydrogen) atoms. The summed E-state index contributed by atoms with van der Waals surface area (Å²) < 4.78 is 0. The summed E-state index contributed by atoms with van der Waals surface area (Å²) in [5.41, 5.74) is 3.68. The molecule has 0 aliphatic heterocycles. The topological polar surface area (TPSA) is 28.2 Å². The number of rotatable bonds is 6. The van der Waals surface area contributed by atoms with Crippen LogP contribution in [0.25, 0.3) is 0 Å². The summed E-state index contributed by atoms with van der Waals surface area (Å²) in [6.07, 6.45) is 0.999. The number of aromatic nitrogens is 1. The van der Waals surface area contributed by atoms with Gasteiger partial charge in [-0.05, 0) is 31.5 Å². The number of nitrogens with zero attached hydrogens (tertiary/aromatic N) is 2. The van der Waals surface area contributed by atoms with Gasteiger partial charge in [-0.15, -0.1) is 11.3 Å². The Morgan fingerprint density at radius 1 is 1.25 bits per heavy atom. The second-order valence-corrected chi connectivity index (χ2v) is 6.24. The molecule has 0 amide bonds. The van der Waals surface area contributed by atoms with Gasteiger partial charge in [-0.1, -0.05) is 12.1 Å². The zero-order chi connectivity index (χ0) is 14.5. The molecule has 0 bridgehead atoms. The van der Waals surface area contributed by atoms with Gasteiger partial charge in [0, 0.05) is 49.9 Å². The van der Waals surface area contributed by atoms with Crippen LogP contribution in [0.3, 0.4) is 0 Å². The van der Waals surface area contributed by atoms with Crippen LogP contribution in [-0.2, 0) is 6.42 Å². The van der Waals surface area contributed by atoms with Gasteiger partial charge in [0.25, 0.3) is 0 Å². The fourth-order valence-corrected chi connectivity index (χ4v) is 2.87. The molecule has 1 aromatic carbocycles. The zero-order valence-electron chi connectivity index (χ0n) is 12.7. The number of thiazole rings is 1. The van der Waals surface area contributed by atoms with Crippen LogP contribution in [0.1, 0.15) is 29.2 Å². The third-order valence-corrected chi connectivity index (χ3v) is 4.39. The largest absolute Gasteiger partial charge is 0.378 e. The van der Waals surface area contributed by atoms with E-state index in [1.54, 1.807) is 11.3 Å². The Bertz CT molecular complexity index is 531. The standard InChI is InChI=1S/C16H23N3S/c1-12-11-20-16(18-12)9-10-17-13(2)14-5-7-15(8-6-14)19(3)4/h5-8,11,13,17H,9-10H2,1-4H3. The maximum atomic E-state index is 4.48. The highest BCUT2D eigenvalue weighted by molar-refractivity contribution is 7.09. The number of aryl methyl sites for hydroxylation is 1. The molecule has 0 fully saturated rings. The molecule has 0 saturated heterocycles. The summed E-state index contributed by atoms with van der Waals surface area (Å²) >= 11 is 1.75. The smallest absolute Gasteiger partial charge is 0.0940 e. The molecule has 1 heterocycles. The molecule has 1 unspecified atom stereocenters. The number of nitrogens with one attached hydrogen (secondary N) is 1. The van der Waals surface area contributed by atoms with E-state index in [4.69, 9.17) is 0 Å². The summed E-state index contributed by atoms with van der Waals surface area (Å²) in [7, 11) is 4.12. The number of hydrogen-bond donors (Lipinski definition) is 1.